The van der Waals surface area contributed by atoms with Gasteiger partial charge in [-0.05, 0) is 45.1 Å². The zero-order valence-corrected chi connectivity index (χ0v) is 18.9. The molecule has 0 radical (unpaired) electrons. The van der Waals surface area contributed by atoms with Crippen LogP contribution in [0.25, 0.3) is 21.3 Å². The van der Waals surface area contributed by atoms with Gasteiger partial charge >= 0.3 is 0 Å². The number of aromatic nitrogens is 2. The summed E-state index contributed by atoms with van der Waals surface area (Å²) in [7, 11) is 0. The summed E-state index contributed by atoms with van der Waals surface area (Å²) < 4.78 is 0. The Kier molecular flexibility index (Phi) is 6.32. The Morgan fingerprint density at radius 1 is 1.20 bits per heavy atom. The average molecular weight is 423 g/mol. The van der Waals surface area contributed by atoms with E-state index in [-0.39, 0.29) is 5.91 Å². The molecule has 2 aromatic heterocycles. The Bertz CT molecular complexity index is 1030. The summed E-state index contributed by atoms with van der Waals surface area (Å²) in [6.45, 7) is 7.89. The highest BCUT2D eigenvalue weighted by Crippen LogP contribution is 2.40. The molecule has 1 fully saturated rings. The van der Waals surface area contributed by atoms with Gasteiger partial charge in [0.1, 0.15) is 17.0 Å². The number of nitrogens with zero attached hydrogens (tertiary/aromatic N) is 3. The van der Waals surface area contributed by atoms with E-state index in [1.807, 2.05) is 0 Å². The van der Waals surface area contributed by atoms with Crippen molar-refractivity contribution in [3.63, 3.8) is 0 Å². The Morgan fingerprint density at radius 3 is 2.77 bits per heavy atom. The van der Waals surface area contributed by atoms with E-state index in [2.05, 4.69) is 65.2 Å². The van der Waals surface area contributed by atoms with Crippen LogP contribution in [0.1, 0.15) is 49.5 Å². The molecule has 0 aliphatic carbocycles. The van der Waals surface area contributed by atoms with E-state index >= 15 is 0 Å². The molecule has 6 heteroatoms. The van der Waals surface area contributed by atoms with Crippen LogP contribution < -0.4 is 5.32 Å². The smallest absolute Gasteiger partial charge is 0.224 e. The van der Waals surface area contributed by atoms with Gasteiger partial charge < -0.3 is 10.2 Å². The van der Waals surface area contributed by atoms with Crippen molar-refractivity contribution >= 4 is 33.3 Å². The second-order valence-electron chi connectivity index (χ2n) is 8.12. The first kappa shape index (κ1) is 20.8. The van der Waals surface area contributed by atoms with Gasteiger partial charge in [-0.3, -0.25) is 4.79 Å². The minimum absolute atomic E-state index is 0.250. The van der Waals surface area contributed by atoms with Crippen LogP contribution in [0.2, 0.25) is 0 Å². The molecule has 3 aromatic rings. The summed E-state index contributed by atoms with van der Waals surface area (Å²) in [6, 6.07) is 8.99. The maximum atomic E-state index is 12.8. The molecule has 1 aliphatic heterocycles. The zero-order valence-electron chi connectivity index (χ0n) is 18.1. The molecule has 1 aliphatic rings. The second-order valence-corrected chi connectivity index (χ2v) is 9.33. The minimum Gasteiger partial charge on any atom is -0.369 e. The predicted molar refractivity (Wildman–Crippen MR) is 125 cm³/mol. The Labute approximate surface area is 182 Å². The van der Waals surface area contributed by atoms with Crippen molar-refractivity contribution in [1.29, 1.82) is 0 Å². The Hall–Kier alpha value is -2.47. The van der Waals surface area contributed by atoms with Gasteiger partial charge in [0.15, 0.2) is 0 Å². The Balaban J connectivity index is 1.53. The Morgan fingerprint density at radius 2 is 2.00 bits per heavy atom. The van der Waals surface area contributed by atoms with Crippen LogP contribution in [0.3, 0.4) is 0 Å². The molecule has 0 spiro atoms. The first-order valence-electron chi connectivity index (χ1n) is 10.9. The molecule has 158 valence electrons. The van der Waals surface area contributed by atoms with E-state index in [0.717, 1.165) is 41.8 Å². The fraction of sp³-hybridized carbons (Fsp3) is 0.458. The number of likely N-dealkylation sites (tertiary alicyclic amines) is 1. The SMILES string of the molecule is CCC1CCCCN1C(=O)CCNc1ncnc2sc(C)c(-c3ccc(C)cc3)c12. The van der Waals surface area contributed by atoms with Gasteiger partial charge in [-0.15, -0.1) is 11.3 Å². The first-order chi connectivity index (χ1) is 14.6. The maximum Gasteiger partial charge on any atom is 0.224 e. The molecular formula is C24H30N4OS. The summed E-state index contributed by atoms with van der Waals surface area (Å²) in [5.41, 5.74) is 3.61. The fourth-order valence-electron chi connectivity index (χ4n) is 4.43. The summed E-state index contributed by atoms with van der Waals surface area (Å²) in [5.74, 6) is 1.07. The molecule has 30 heavy (non-hydrogen) atoms. The highest BCUT2D eigenvalue weighted by Gasteiger charge is 2.25. The molecule has 0 saturated carbocycles. The third-order valence-electron chi connectivity index (χ3n) is 6.05. The van der Waals surface area contributed by atoms with E-state index in [1.165, 1.54) is 28.0 Å². The highest BCUT2D eigenvalue weighted by atomic mass is 32.1. The van der Waals surface area contributed by atoms with E-state index in [1.54, 1.807) is 17.7 Å². The monoisotopic (exact) mass is 422 g/mol. The lowest BCUT2D eigenvalue weighted by Crippen LogP contribution is -2.43. The van der Waals surface area contributed by atoms with Gasteiger partial charge in [-0.25, -0.2) is 9.97 Å². The molecule has 1 atom stereocenters. The zero-order chi connectivity index (χ0) is 21.1. The number of hydrogen-bond donors (Lipinski definition) is 1. The van der Waals surface area contributed by atoms with Crippen LogP contribution in [-0.2, 0) is 4.79 Å². The third kappa shape index (κ3) is 4.19. The predicted octanol–water partition coefficient (Wildman–Crippen LogP) is 5.57. The molecule has 4 rings (SSSR count). The number of nitrogens with one attached hydrogen (secondary N) is 1. The number of aryl methyl sites for hydroxylation is 2. The van der Waals surface area contributed by atoms with Crippen molar-refractivity contribution in [3.05, 3.63) is 41.0 Å². The number of piperidine rings is 1. The van der Waals surface area contributed by atoms with Gasteiger partial charge in [0.25, 0.3) is 0 Å². The van der Waals surface area contributed by atoms with Gasteiger partial charge in [0.2, 0.25) is 5.91 Å². The lowest BCUT2D eigenvalue weighted by Gasteiger charge is -2.35. The number of amides is 1. The van der Waals surface area contributed by atoms with Crippen LogP contribution in [0.4, 0.5) is 5.82 Å². The summed E-state index contributed by atoms with van der Waals surface area (Å²) in [4.78, 5) is 26.1. The molecule has 1 saturated heterocycles. The quantitative estimate of drug-likeness (QED) is 0.564. The molecule has 5 nitrogen and oxygen atoms in total. The van der Waals surface area contributed by atoms with Crippen molar-refractivity contribution in [1.82, 2.24) is 14.9 Å². The van der Waals surface area contributed by atoms with Crippen LogP contribution in [-0.4, -0.2) is 39.9 Å². The van der Waals surface area contributed by atoms with Crippen molar-refractivity contribution in [3.8, 4) is 11.1 Å². The highest BCUT2D eigenvalue weighted by molar-refractivity contribution is 7.19. The minimum atomic E-state index is 0.250. The van der Waals surface area contributed by atoms with Crippen LogP contribution in [0.5, 0.6) is 0 Å². The van der Waals surface area contributed by atoms with Gasteiger partial charge in [-0.1, -0.05) is 36.8 Å². The number of carbonyl (C=O) groups is 1. The van der Waals surface area contributed by atoms with Gasteiger partial charge in [0, 0.05) is 36.0 Å². The number of fused-ring (bicyclic) bond motifs is 1. The number of anilines is 1. The van der Waals surface area contributed by atoms with Crippen molar-refractivity contribution in [2.75, 3.05) is 18.4 Å². The third-order valence-corrected chi connectivity index (χ3v) is 7.07. The van der Waals surface area contributed by atoms with E-state index in [9.17, 15) is 4.79 Å². The topological polar surface area (TPSA) is 58.1 Å². The molecule has 1 unspecified atom stereocenters. The molecule has 1 aromatic carbocycles. The number of thiophene rings is 1. The van der Waals surface area contributed by atoms with Crippen molar-refractivity contribution in [2.45, 2.75) is 58.9 Å². The molecular weight excluding hydrogens is 392 g/mol. The van der Waals surface area contributed by atoms with E-state index in [0.29, 0.717) is 19.0 Å². The van der Waals surface area contributed by atoms with Crippen LogP contribution in [0.15, 0.2) is 30.6 Å². The van der Waals surface area contributed by atoms with Crippen molar-refractivity contribution < 1.29 is 4.79 Å². The number of carbonyl (C=O) groups excluding carboxylic acids is 1. The normalized spacial score (nSPS) is 16.8. The standard InChI is InChI=1S/C24H30N4OS/c1-4-19-7-5-6-14-28(19)20(29)12-13-25-23-22-21(18-10-8-16(2)9-11-18)17(3)30-24(22)27-15-26-23/h8-11,15,19H,4-7,12-14H2,1-3H3,(H,25,26,27). The van der Waals surface area contributed by atoms with Crippen LogP contribution in [0, 0.1) is 13.8 Å². The van der Waals surface area contributed by atoms with Gasteiger partial charge in [0.05, 0.1) is 5.39 Å². The summed E-state index contributed by atoms with van der Waals surface area (Å²) >= 11 is 1.69. The van der Waals surface area contributed by atoms with Gasteiger partial charge in [-0.2, -0.15) is 0 Å². The number of benzene rings is 1. The maximum absolute atomic E-state index is 12.8. The van der Waals surface area contributed by atoms with Crippen LogP contribution >= 0.6 is 11.3 Å². The molecule has 0 bridgehead atoms. The fourth-order valence-corrected chi connectivity index (χ4v) is 5.44. The van der Waals surface area contributed by atoms with E-state index in [4.69, 9.17) is 0 Å². The lowest BCUT2D eigenvalue weighted by atomic mass is 9.99. The van der Waals surface area contributed by atoms with E-state index < -0.39 is 0 Å². The van der Waals surface area contributed by atoms with Crippen molar-refractivity contribution in [2.24, 2.45) is 0 Å². The first-order valence-corrected chi connectivity index (χ1v) is 11.7. The largest absolute Gasteiger partial charge is 0.369 e. The lowest BCUT2D eigenvalue weighted by molar-refractivity contribution is -0.134. The number of rotatable bonds is 6. The number of hydrogen-bond acceptors (Lipinski definition) is 5. The summed E-state index contributed by atoms with van der Waals surface area (Å²) in [6.07, 6.45) is 6.63. The molecule has 1 N–H and O–H groups in total. The average Bonchev–Trinajstić information content (AvgIpc) is 3.10. The second kappa shape index (κ2) is 9.13. The molecule has 1 amide bonds. The summed E-state index contributed by atoms with van der Waals surface area (Å²) in [5, 5.41) is 4.49. The molecule has 3 heterocycles.